The van der Waals surface area contributed by atoms with E-state index in [1.807, 2.05) is 38.1 Å². The Bertz CT molecular complexity index is 3080. The van der Waals surface area contributed by atoms with E-state index in [4.69, 9.17) is 55.3 Å². The fourth-order valence-electron chi connectivity index (χ4n) is 13.7. The van der Waals surface area contributed by atoms with Crippen LogP contribution in [-0.2, 0) is 78.5 Å². The molecule has 4 saturated heterocycles. The number of unbranched alkanes of at least 4 members (excludes halogenated alkanes) is 9. The summed E-state index contributed by atoms with van der Waals surface area (Å²) >= 11 is 0. The van der Waals surface area contributed by atoms with Crippen LogP contribution >= 0.6 is 0 Å². The zero-order chi connectivity index (χ0) is 81.3. The lowest BCUT2D eigenvalue weighted by molar-refractivity contribution is -0.282. The smallest absolute Gasteiger partial charge is 0.217 e. The molecule has 0 aliphatic carbocycles. The number of aryl methyl sites for hydroxylation is 2. The molecule has 39 nitrogen and oxygen atoms in total. The molecule has 4 aliphatic heterocycles. The molecule has 0 unspecified atom stereocenters. The Hall–Kier alpha value is -5.55. The Morgan fingerprint density at radius 1 is 0.568 bits per heavy atom. The first-order chi connectivity index (χ1) is 53.0. The standard InChI is InChI=1S/C72H130N16O23/c1-44-59(95)61(97)53(40-89)108-68(44)104-28-18-8-13-23-76-32-49(79-74)37-85(33-48(73)34-86(75)25-14-9-19-30-106-70-57(77-46(3)93)65(101)63(99)55(42-91)110-70)52(67(103)72(5,6)7)22-12-17-24-84(35-50-38-87(82-80-50)26-15-10-20-29-105-69-45(2)60(96)62(98)54(41-90)109-69)36-51-39-88(83-81-51)27-16-11-21-31-107-71-58(78-47(4)94)66(102)64(100)56(43-92)111-71/h32,34,38-39,44-45,52-66,68-71,89-92,95-102H,8-31,33,35-37,40-43,73-75H2,1-7H3,(H,77,93)(H,78,94)/b48-34-,76-32?,79-49?/t44-,45-,52+,53-,54-,55-,56-,57-,58-,59-,60-,61+,62+,63+,64+,65-,66-,68-,69-,70-,71-/m1/s1. The van der Waals surface area contributed by atoms with Crippen LogP contribution in [0.25, 0.3) is 0 Å². The summed E-state index contributed by atoms with van der Waals surface area (Å²) in [6.07, 6.45) is -1.77. The molecule has 6 rings (SSSR count). The van der Waals surface area contributed by atoms with Crippen LogP contribution in [0.3, 0.4) is 0 Å². The summed E-state index contributed by atoms with van der Waals surface area (Å²) < 4.78 is 50.0. The second-order valence-corrected chi connectivity index (χ2v) is 30.5. The van der Waals surface area contributed by atoms with Crippen molar-refractivity contribution in [3.8, 4) is 0 Å². The van der Waals surface area contributed by atoms with Gasteiger partial charge in [-0.3, -0.25) is 38.5 Å². The Morgan fingerprint density at radius 2 is 0.973 bits per heavy atom. The average molecular weight is 1590 g/mol. The molecule has 6 heterocycles. The molecule has 39 heteroatoms. The van der Waals surface area contributed by atoms with Crippen molar-refractivity contribution < 1.29 is 114 Å². The van der Waals surface area contributed by atoms with Gasteiger partial charge in [0.25, 0.3) is 0 Å². The van der Waals surface area contributed by atoms with Crippen LogP contribution in [0.1, 0.15) is 156 Å². The topological polar surface area (TPSA) is 566 Å². The molecule has 2 amide bonds. The highest BCUT2D eigenvalue weighted by Crippen LogP contribution is 2.31. The third kappa shape index (κ3) is 30.5. The number of hydrogen-bond donors (Lipinski definition) is 17. The van der Waals surface area contributed by atoms with E-state index in [9.17, 15) is 75.7 Å². The van der Waals surface area contributed by atoms with Gasteiger partial charge in [-0.1, -0.05) is 51.5 Å². The number of aromatic nitrogens is 6. The van der Waals surface area contributed by atoms with Gasteiger partial charge >= 0.3 is 0 Å². The van der Waals surface area contributed by atoms with Crippen molar-refractivity contribution in [2.24, 2.45) is 44.8 Å². The maximum atomic E-state index is 14.9. The highest BCUT2D eigenvalue weighted by molar-refractivity contribution is 6.31. The normalized spacial score (nSPS) is 29.4. The van der Waals surface area contributed by atoms with Gasteiger partial charge in [-0.2, -0.15) is 5.10 Å². The molecule has 20 N–H and O–H groups in total. The molecule has 4 aliphatic rings. The van der Waals surface area contributed by atoms with Crippen LogP contribution in [0.2, 0.25) is 0 Å². The van der Waals surface area contributed by atoms with Crippen LogP contribution in [0.4, 0.5) is 0 Å². The lowest BCUT2D eigenvalue weighted by atomic mass is 9.83. The van der Waals surface area contributed by atoms with Crippen molar-refractivity contribution in [3.05, 3.63) is 35.7 Å². The zero-order valence-corrected chi connectivity index (χ0v) is 65.6. The van der Waals surface area contributed by atoms with Crippen LogP contribution in [0.15, 0.2) is 34.4 Å². The van der Waals surface area contributed by atoms with E-state index in [2.05, 4.69) is 46.3 Å². The van der Waals surface area contributed by atoms with E-state index in [1.165, 1.54) is 18.9 Å². The van der Waals surface area contributed by atoms with Gasteiger partial charge in [0.05, 0.1) is 61.8 Å². The molecular weight excluding hydrogens is 1460 g/mol. The number of nitrogens with one attached hydrogen (secondary N) is 2. The lowest BCUT2D eigenvalue weighted by Crippen LogP contribution is -2.64. The molecule has 0 radical (unpaired) electrons. The summed E-state index contributed by atoms with van der Waals surface area (Å²) in [4.78, 5) is 47.6. The number of nitrogens with two attached hydrogens (primary N) is 3. The first kappa shape index (κ1) is 94.3. The minimum Gasteiger partial charge on any atom is -0.400 e. The monoisotopic (exact) mass is 1590 g/mol. The minimum absolute atomic E-state index is 0.0526. The molecule has 0 aromatic carbocycles. The third-order valence-electron chi connectivity index (χ3n) is 20.2. The van der Waals surface area contributed by atoms with Crippen molar-refractivity contribution in [2.45, 2.75) is 287 Å². The highest BCUT2D eigenvalue weighted by Gasteiger charge is 2.48. The summed E-state index contributed by atoms with van der Waals surface area (Å²) in [5.74, 6) is 10.7. The number of carbonyl (C=O) groups is 3. The summed E-state index contributed by atoms with van der Waals surface area (Å²) in [5, 5.41) is 151. The number of amides is 2. The SMILES string of the molecule is CC(=O)N[C@H]1[C@H](OCCCCCN(N)/C=C(\N)CN(CC(C=NCCCCCO[C@@H]2O[C@H](CO)[C@H](O)[C@H](O)[C@H]2C)=NN)[C@@H](CCCCN(Cc2cn(CCCCCO[C@@H]3O[C@H](CO)[C@H](O)[C@H](O)[C@H]3C)nn2)Cc2cn(CCCCCO[C@@H]3O[C@H](CO)[C@H](O)[C@H](O)[C@H]3NC(C)=O)nn2)C(=O)C(C)(C)C)O[C@H](CO)[C@H](O)[C@@H]1O. The Kier molecular flexibility index (Phi) is 41.4. The minimum atomic E-state index is -1.44. The van der Waals surface area contributed by atoms with Crippen molar-refractivity contribution in [1.29, 1.82) is 0 Å². The maximum Gasteiger partial charge on any atom is 0.217 e. The lowest BCUT2D eigenvalue weighted by Gasteiger charge is -2.42. The predicted molar refractivity (Wildman–Crippen MR) is 400 cm³/mol. The third-order valence-corrected chi connectivity index (χ3v) is 20.2. The second kappa shape index (κ2) is 48.7. The number of hydrazone groups is 1. The van der Waals surface area contributed by atoms with E-state index in [1.54, 1.807) is 35.6 Å². The summed E-state index contributed by atoms with van der Waals surface area (Å²) in [6, 6.07) is -2.83. The van der Waals surface area contributed by atoms with Gasteiger partial charge in [-0.15, -0.1) is 10.2 Å². The van der Waals surface area contributed by atoms with Gasteiger partial charge in [0.2, 0.25) is 11.8 Å². The number of nitrogens with zero attached hydrogens (tertiary/aromatic N) is 11. The molecule has 0 saturated carbocycles. The molecule has 636 valence electrons. The number of ketones is 1. The predicted octanol–water partition coefficient (Wildman–Crippen LogP) is -3.53. The molecule has 0 bridgehead atoms. The van der Waals surface area contributed by atoms with E-state index in [-0.39, 0.29) is 32.1 Å². The Labute approximate surface area is 649 Å². The second-order valence-electron chi connectivity index (χ2n) is 30.5. The summed E-state index contributed by atoms with van der Waals surface area (Å²) in [7, 11) is 0. The number of hydrogen-bond acceptors (Lipinski definition) is 35. The van der Waals surface area contributed by atoms with Crippen LogP contribution in [0.5, 0.6) is 0 Å². The number of aliphatic imine (C=N–C) groups is 1. The van der Waals surface area contributed by atoms with E-state index >= 15 is 0 Å². The first-order valence-corrected chi connectivity index (χ1v) is 39.1. The number of carbonyl (C=O) groups excluding carboxylic acids is 3. The molecular formula is C72H130N16O23. The molecule has 111 heavy (non-hydrogen) atoms. The fourth-order valence-corrected chi connectivity index (χ4v) is 13.7. The van der Waals surface area contributed by atoms with Gasteiger partial charge < -0.3 is 126 Å². The highest BCUT2D eigenvalue weighted by atomic mass is 16.7. The number of rotatable bonds is 51. The van der Waals surface area contributed by atoms with Crippen molar-refractivity contribution in [3.63, 3.8) is 0 Å². The molecule has 2 aromatic heterocycles. The van der Waals surface area contributed by atoms with Gasteiger partial charge in [0.15, 0.2) is 30.9 Å². The molecule has 21 atom stereocenters. The number of hydrazine groups is 1. The summed E-state index contributed by atoms with van der Waals surface area (Å²) in [5.41, 5.74) is 8.18. The maximum absolute atomic E-state index is 14.9. The number of aliphatic hydroxyl groups is 12. The molecule has 0 spiro atoms. The van der Waals surface area contributed by atoms with Gasteiger partial charge in [0, 0.05) is 140 Å². The van der Waals surface area contributed by atoms with Gasteiger partial charge in [-0.25, -0.2) is 5.84 Å². The average Bonchev–Trinajstić information content (AvgIpc) is 1.77. The van der Waals surface area contributed by atoms with Crippen molar-refractivity contribution in [2.75, 3.05) is 85.6 Å². The molecule has 4 fully saturated rings. The quantitative estimate of drug-likeness (QED) is 0.0132. The van der Waals surface area contributed by atoms with E-state index in [0.717, 1.165) is 19.3 Å². The van der Waals surface area contributed by atoms with Crippen LogP contribution in [0, 0.1) is 17.3 Å². The number of ether oxygens (including phenoxy) is 8. The van der Waals surface area contributed by atoms with Crippen molar-refractivity contribution >= 4 is 29.5 Å². The van der Waals surface area contributed by atoms with Crippen LogP contribution < -0.4 is 28.1 Å². The Morgan fingerprint density at radius 3 is 1.40 bits per heavy atom. The van der Waals surface area contributed by atoms with Gasteiger partial charge in [0.1, 0.15) is 73.1 Å². The van der Waals surface area contributed by atoms with Crippen molar-refractivity contribution in [1.82, 2.24) is 55.4 Å². The largest absolute Gasteiger partial charge is 0.400 e. The zero-order valence-electron chi connectivity index (χ0n) is 65.6. The van der Waals surface area contributed by atoms with Gasteiger partial charge in [-0.05, 0) is 96.4 Å². The first-order valence-electron chi connectivity index (χ1n) is 39.1. The van der Waals surface area contributed by atoms with E-state index < -0.39 is 172 Å². The van der Waals surface area contributed by atoms with E-state index in [0.29, 0.717) is 159 Å². The Balaban J connectivity index is 1.12. The number of Topliss-reactive ketones (excluding diaryl/α,β-unsaturated/α-hetero) is 1. The number of aliphatic hydroxyl groups excluding tert-OH is 12. The summed E-state index contributed by atoms with van der Waals surface area (Å²) in [6.45, 7) is 13.9. The molecule has 2 aromatic rings. The fraction of sp³-hybridized carbons (Fsp3) is 0.847. The van der Waals surface area contributed by atoms with Crippen LogP contribution in [-0.4, -0.2) is 338 Å².